The Morgan fingerprint density at radius 2 is 2.04 bits per heavy atom. The molecule has 0 heterocycles. The number of amides is 1. The quantitative estimate of drug-likeness (QED) is 0.797. The molecule has 3 atom stereocenters. The van der Waals surface area contributed by atoms with Crippen molar-refractivity contribution >= 4 is 18.3 Å². The van der Waals surface area contributed by atoms with Crippen LogP contribution in [0.25, 0.3) is 0 Å². The Morgan fingerprint density at radius 1 is 1.35 bits per heavy atom. The summed E-state index contributed by atoms with van der Waals surface area (Å²) in [5, 5.41) is 3.07. The van der Waals surface area contributed by atoms with E-state index in [2.05, 4.69) is 12.2 Å². The van der Waals surface area contributed by atoms with Gasteiger partial charge in [0.25, 0.3) is 0 Å². The highest BCUT2D eigenvalue weighted by molar-refractivity contribution is 5.85. The molecule has 0 spiro atoms. The van der Waals surface area contributed by atoms with Crippen molar-refractivity contribution in [3.63, 3.8) is 0 Å². The molecule has 1 saturated carbocycles. The van der Waals surface area contributed by atoms with Crippen LogP contribution in [-0.4, -0.2) is 18.6 Å². The van der Waals surface area contributed by atoms with Crippen LogP contribution < -0.4 is 15.8 Å². The lowest BCUT2D eigenvalue weighted by molar-refractivity contribution is -0.122. The Balaban J connectivity index is 0.00000264. The van der Waals surface area contributed by atoms with E-state index in [-0.39, 0.29) is 30.4 Å². The lowest BCUT2D eigenvalue weighted by Crippen LogP contribution is -2.32. The summed E-state index contributed by atoms with van der Waals surface area (Å²) in [6.45, 7) is 4.82. The number of rotatable bonds is 7. The molecule has 130 valence electrons. The van der Waals surface area contributed by atoms with Gasteiger partial charge in [0.15, 0.2) is 0 Å². The van der Waals surface area contributed by atoms with Crippen molar-refractivity contribution in [2.75, 3.05) is 6.61 Å². The van der Waals surface area contributed by atoms with Gasteiger partial charge in [-0.25, -0.2) is 0 Å². The summed E-state index contributed by atoms with van der Waals surface area (Å²) < 4.78 is 5.57. The molecule has 0 aliphatic heterocycles. The Labute approximate surface area is 145 Å². The van der Waals surface area contributed by atoms with E-state index >= 15 is 0 Å². The van der Waals surface area contributed by atoms with Crippen LogP contribution in [0.5, 0.6) is 5.75 Å². The molecule has 5 heteroatoms. The van der Waals surface area contributed by atoms with Crippen molar-refractivity contribution in [2.45, 2.75) is 58.0 Å². The van der Waals surface area contributed by atoms with Crippen molar-refractivity contribution in [3.8, 4) is 5.75 Å². The maximum Gasteiger partial charge on any atom is 0.220 e. The molecule has 0 radical (unpaired) electrons. The minimum Gasteiger partial charge on any atom is -0.494 e. The van der Waals surface area contributed by atoms with E-state index in [1.54, 1.807) is 0 Å². The molecule has 4 nitrogen and oxygen atoms in total. The molecule has 3 N–H and O–H groups in total. The highest BCUT2D eigenvalue weighted by Crippen LogP contribution is 2.27. The molecular formula is C18H29ClN2O2. The molecule has 0 saturated heterocycles. The number of nitrogens with two attached hydrogens (primary N) is 1. The first-order valence-electron chi connectivity index (χ1n) is 8.38. The first kappa shape index (κ1) is 19.8. The van der Waals surface area contributed by atoms with Gasteiger partial charge in [0.2, 0.25) is 5.91 Å². The van der Waals surface area contributed by atoms with Gasteiger partial charge in [-0.05, 0) is 49.8 Å². The third-order valence-corrected chi connectivity index (χ3v) is 4.40. The zero-order chi connectivity index (χ0) is 15.9. The molecule has 1 fully saturated rings. The van der Waals surface area contributed by atoms with Gasteiger partial charge < -0.3 is 15.8 Å². The summed E-state index contributed by atoms with van der Waals surface area (Å²) in [5.41, 5.74) is 7.12. The first-order chi connectivity index (χ1) is 10.6. The lowest BCUT2D eigenvalue weighted by Gasteiger charge is -2.18. The number of carbonyl (C=O) groups is 1. The Hall–Kier alpha value is -1.26. The molecule has 1 amide bonds. The minimum absolute atomic E-state index is 0. The van der Waals surface area contributed by atoms with E-state index in [0.717, 1.165) is 43.6 Å². The summed E-state index contributed by atoms with van der Waals surface area (Å²) in [6.07, 6.45) is 4.81. The topological polar surface area (TPSA) is 64.3 Å². The third-order valence-electron chi connectivity index (χ3n) is 4.40. The lowest BCUT2D eigenvalue weighted by atomic mass is 9.99. The molecule has 0 bridgehead atoms. The monoisotopic (exact) mass is 340 g/mol. The van der Waals surface area contributed by atoms with Gasteiger partial charge in [0.1, 0.15) is 5.75 Å². The summed E-state index contributed by atoms with van der Waals surface area (Å²) in [4.78, 5) is 12.1. The van der Waals surface area contributed by atoms with Crippen molar-refractivity contribution in [1.29, 1.82) is 0 Å². The fraction of sp³-hybridized carbons (Fsp3) is 0.611. The summed E-state index contributed by atoms with van der Waals surface area (Å²) in [6, 6.07) is 8.14. The van der Waals surface area contributed by atoms with Crippen molar-refractivity contribution in [1.82, 2.24) is 5.32 Å². The van der Waals surface area contributed by atoms with E-state index in [1.165, 1.54) is 0 Å². The van der Waals surface area contributed by atoms with Gasteiger partial charge >= 0.3 is 0 Å². The van der Waals surface area contributed by atoms with Crippen LogP contribution in [-0.2, 0) is 4.79 Å². The third kappa shape index (κ3) is 6.04. The van der Waals surface area contributed by atoms with Crippen molar-refractivity contribution < 1.29 is 9.53 Å². The van der Waals surface area contributed by atoms with E-state index in [4.69, 9.17) is 10.5 Å². The molecule has 23 heavy (non-hydrogen) atoms. The van der Waals surface area contributed by atoms with Crippen molar-refractivity contribution in [3.05, 3.63) is 29.8 Å². The maximum absolute atomic E-state index is 12.1. The predicted octanol–water partition coefficient (Wildman–Crippen LogP) is 3.59. The van der Waals surface area contributed by atoms with Gasteiger partial charge in [-0.15, -0.1) is 12.4 Å². The molecule has 1 aromatic carbocycles. The number of nitrogens with one attached hydrogen (secondary N) is 1. The largest absolute Gasteiger partial charge is 0.494 e. The van der Waals surface area contributed by atoms with Crippen LogP contribution in [0.4, 0.5) is 0 Å². The number of halogens is 1. The van der Waals surface area contributed by atoms with Crippen molar-refractivity contribution in [2.24, 2.45) is 11.7 Å². The van der Waals surface area contributed by atoms with Crippen LogP contribution in [0.2, 0.25) is 0 Å². The van der Waals surface area contributed by atoms with Gasteiger partial charge in [0.05, 0.1) is 12.6 Å². The fourth-order valence-corrected chi connectivity index (χ4v) is 3.01. The normalized spacial score (nSPS) is 21.3. The highest BCUT2D eigenvalue weighted by Gasteiger charge is 2.26. The fourth-order valence-electron chi connectivity index (χ4n) is 3.01. The van der Waals surface area contributed by atoms with E-state index < -0.39 is 0 Å². The second kappa shape index (κ2) is 9.78. The number of carbonyl (C=O) groups excluding carboxylic acids is 1. The Kier molecular flexibility index (Phi) is 8.42. The number of hydrogen-bond acceptors (Lipinski definition) is 3. The summed E-state index contributed by atoms with van der Waals surface area (Å²) in [5.74, 6) is 1.32. The molecule has 1 aliphatic rings. The Bertz CT molecular complexity index is 478. The maximum atomic E-state index is 12.1. The second-order valence-electron chi connectivity index (χ2n) is 6.27. The van der Waals surface area contributed by atoms with Crippen LogP contribution in [0.3, 0.4) is 0 Å². The van der Waals surface area contributed by atoms with Gasteiger partial charge in [-0.3, -0.25) is 4.79 Å². The molecule has 1 unspecified atom stereocenters. The average Bonchev–Trinajstić information content (AvgIpc) is 2.90. The SMILES string of the molecule is CCCOc1ccc(C(C)NC(=O)C[C@@H]2CCC[C@H]2N)cc1.Cl. The van der Waals surface area contributed by atoms with Gasteiger partial charge in [0, 0.05) is 12.5 Å². The van der Waals surface area contributed by atoms with Crippen LogP contribution in [0.15, 0.2) is 24.3 Å². The standard InChI is InChI=1S/C18H28N2O2.ClH/c1-3-11-22-16-9-7-14(8-10-16)13(2)20-18(21)12-15-5-4-6-17(15)19;/h7-10,13,15,17H,3-6,11-12,19H2,1-2H3,(H,20,21);1H/t13?,15-,17+;/m0./s1. The summed E-state index contributed by atoms with van der Waals surface area (Å²) in [7, 11) is 0. The zero-order valence-corrected chi connectivity index (χ0v) is 14.9. The first-order valence-corrected chi connectivity index (χ1v) is 8.38. The summed E-state index contributed by atoms with van der Waals surface area (Å²) >= 11 is 0. The van der Waals surface area contributed by atoms with Crippen LogP contribution in [0.1, 0.15) is 57.6 Å². The van der Waals surface area contributed by atoms with E-state index in [9.17, 15) is 4.79 Å². The predicted molar refractivity (Wildman–Crippen MR) is 96.0 cm³/mol. The van der Waals surface area contributed by atoms with Gasteiger partial charge in [-0.2, -0.15) is 0 Å². The van der Waals surface area contributed by atoms with Gasteiger partial charge in [-0.1, -0.05) is 25.5 Å². The van der Waals surface area contributed by atoms with Crippen LogP contribution >= 0.6 is 12.4 Å². The Morgan fingerprint density at radius 3 is 2.61 bits per heavy atom. The second-order valence-corrected chi connectivity index (χ2v) is 6.27. The molecule has 1 aliphatic carbocycles. The molecular weight excluding hydrogens is 312 g/mol. The average molecular weight is 341 g/mol. The molecule has 1 aromatic rings. The zero-order valence-electron chi connectivity index (χ0n) is 14.1. The smallest absolute Gasteiger partial charge is 0.220 e. The number of benzene rings is 1. The molecule has 2 rings (SSSR count). The number of ether oxygens (including phenoxy) is 1. The number of hydrogen-bond donors (Lipinski definition) is 2. The van der Waals surface area contributed by atoms with E-state index in [1.807, 2.05) is 31.2 Å². The molecule has 0 aromatic heterocycles. The van der Waals surface area contributed by atoms with E-state index in [0.29, 0.717) is 12.3 Å². The highest BCUT2D eigenvalue weighted by atomic mass is 35.5. The minimum atomic E-state index is 0. The van der Waals surface area contributed by atoms with Crippen LogP contribution in [0, 0.1) is 5.92 Å².